The monoisotopic (exact) mass is 309 g/mol. The minimum atomic E-state index is -0.898. The highest BCUT2D eigenvalue weighted by atomic mass is 16.4. The Morgan fingerprint density at radius 3 is 2.23 bits per heavy atom. The van der Waals surface area contributed by atoms with Gasteiger partial charge in [0.25, 0.3) is 0 Å². The molecule has 0 aliphatic rings. The first-order valence-corrected chi connectivity index (χ1v) is 7.71. The normalized spacial score (nSPS) is 13.0. The van der Waals surface area contributed by atoms with Crippen LogP contribution in [0.25, 0.3) is 0 Å². The van der Waals surface area contributed by atoms with Gasteiger partial charge >= 0.3 is 5.97 Å². The molecule has 6 heteroatoms. The van der Waals surface area contributed by atoms with Crippen molar-refractivity contribution in [3.8, 4) is 0 Å². The van der Waals surface area contributed by atoms with Crippen molar-refractivity contribution in [2.45, 2.75) is 65.3 Å². The molecule has 1 atom stereocenters. The molecule has 22 heavy (non-hydrogen) atoms. The molecule has 1 unspecified atom stereocenters. The highest BCUT2D eigenvalue weighted by Gasteiger charge is 2.33. The van der Waals surface area contributed by atoms with Crippen molar-refractivity contribution in [2.75, 3.05) is 0 Å². The van der Waals surface area contributed by atoms with E-state index < -0.39 is 11.5 Å². The Hall–Kier alpha value is -1.85. The second-order valence-electron chi connectivity index (χ2n) is 5.98. The molecule has 0 aliphatic heterocycles. The van der Waals surface area contributed by atoms with E-state index in [1.807, 2.05) is 41.7 Å². The second-order valence-corrected chi connectivity index (χ2v) is 5.98. The van der Waals surface area contributed by atoms with E-state index in [9.17, 15) is 9.59 Å². The highest BCUT2D eigenvalue weighted by molar-refractivity contribution is 5.85. The van der Waals surface area contributed by atoms with Crippen LogP contribution < -0.4 is 5.32 Å². The van der Waals surface area contributed by atoms with Crippen LogP contribution in [0.2, 0.25) is 0 Å². The summed E-state index contributed by atoms with van der Waals surface area (Å²) in [5.41, 5.74) is 2.01. The largest absolute Gasteiger partial charge is 0.481 e. The molecule has 1 heterocycles. The minimum absolute atomic E-state index is 0.0660. The van der Waals surface area contributed by atoms with Crippen LogP contribution in [0.3, 0.4) is 0 Å². The summed E-state index contributed by atoms with van der Waals surface area (Å²) in [5, 5.41) is 16.4. The summed E-state index contributed by atoms with van der Waals surface area (Å²) in [6, 6.07) is 0. The van der Waals surface area contributed by atoms with Gasteiger partial charge in [0.1, 0.15) is 0 Å². The second kappa shape index (κ2) is 6.94. The van der Waals surface area contributed by atoms with Crippen molar-refractivity contribution in [1.29, 1.82) is 0 Å². The molecule has 6 nitrogen and oxygen atoms in total. The fourth-order valence-electron chi connectivity index (χ4n) is 2.93. The molecule has 0 aliphatic carbocycles. The lowest BCUT2D eigenvalue weighted by Crippen LogP contribution is -2.50. The number of rotatable bonds is 7. The van der Waals surface area contributed by atoms with E-state index >= 15 is 0 Å². The van der Waals surface area contributed by atoms with Gasteiger partial charge in [0.15, 0.2) is 0 Å². The molecule has 1 rings (SSSR count). The summed E-state index contributed by atoms with van der Waals surface area (Å²) in [5.74, 6) is -1.41. The van der Waals surface area contributed by atoms with Crippen molar-refractivity contribution in [3.05, 3.63) is 17.0 Å². The van der Waals surface area contributed by atoms with E-state index in [4.69, 9.17) is 5.11 Å². The van der Waals surface area contributed by atoms with Gasteiger partial charge in [-0.25, -0.2) is 0 Å². The first kappa shape index (κ1) is 18.2. The zero-order chi connectivity index (χ0) is 17.1. The quantitative estimate of drug-likeness (QED) is 0.809. The number of carboxylic acid groups (broad SMARTS) is 1. The third-order valence-electron chi connectivity index (χ3n) is 4.62. The predicted molar refractivity (Wildman–Crippen MR) is 84.8 cm³/mol. The summed E-state index contributed by atoms with van der Waals surface area (Å²) in [6.45, 7) is 9.46. The van der Waals surface area contributed by atoms with Crippen molar-refractivity contribution in [1.82, 2.24) is 15.1 Å². The smallest absolute Gasteiger partial charge is 0.305 e. The zero-order valence-electron chi connectivity index (χ0n) is 14.4. The third kappa shape index (κ3) is 3.67. The molecule has 1 aromatic heterocycles. The van der Waals surface area contributed by atoms with E-state index in [1.165, 1.54) is 0 Å². The van der Waals surface area contributed by atoms with Gasteiger partial charge in [-0.15, -0.1) is 0 Å². The maximum atomic E-state index is 12.6. The van der Waals surface area contributed by atoms with Gasteiger partial charge in [0.2, 0.25) is 5.91 Å². The minimum Gasteiger partial charge on any atom is -0.481 e. The Morgan fingerprint density at radius 2 is 1.86 bits per heavy atom. The highest BCUT2D eigenvalue weighted by Crippen LogP contribution is 2.26. The molecule has 0 saturated heterocycles. The predicted octanol–water partition coefficient (Wildman–Crippen LogP) is 2.29. The standard InChI is InChI=1S/C16H27N3O3/c1-7-16(8-2,9-13(20)21)17-15(22)10(3)14-11(4)18-19(6)12(14)5/h10H,7-9H2,1-6H3,(H,17,22)(H,20,21). The Labute approximate surface area is 131 Å². The van der Waals surface area contributed by atoms with E-state index in [0.717, 1.165) is 17.0 Å². The lowest BCUT2D eigenvalue weighted by Gasteiger charge is -2.32. The lowest BCUT2D eigenvalue weighted by atomic mass is 9.87. The van der Waals surface area contributed by atoms with Crippen LogP contribution in [0.5, 0.6) is 0 Å². The van der Waals surface area contributed by atoms with Crippen LogP contribution in [-0.4, -0.2) is 32.3 Å². The molecular formula is C16H27N3O3. The maximum absolute atomic E-state index is 12.6. The fraction of sp³-hybridized carbons (Fsp3) is 0.688. The van der Waals surface area contributed by atoms with Crippen LogP contribution in [0.4, 0.5) is 0 Å². The summed E-state index contributed by atoms with van der Waals surface area (Å²) in [4.78, 5) is 23.7. The van der Waals surface area contributed by atoms with Gasteiger partial charge in [0.05, 0.1) is 18.0 Å². The SMILES string of the molecule is CCC(CC)(CC(=O)O)NC(=O)C(C)c1c(C)nn(C)c1C. The van der Waals surface area contributed by atoms with Crippen molar-refractivity contribution < 1.29 is 14.7 Å². The van der Waals surface area contributed by atoms with Gasteiger partial charge in [-0.1, -0.05) is 13.8 Å². The fourth-order valence-corrected chi connectivity index (χ4v) is 2.93. The van der Waals surface area contributed by atoms with Crippen LogP contribution in [0.15, 0.2) is 0 Å². The average molecular weight is 309 g/mol. The number of carboxylic acids is 1. The molecule has 0 fully saturated rings. The van der Waals surface area contributed by atoms with Crippen LogP contribution in [-0.2, 0) is 16.6 Å². The van der Waals surface area contributed by atoms with Crippen LogP contribution >= 0.6 is 0 Å². The summed E-state index contributed by atoms with van der Waals surface area (Å²) >= 11 is 0. The number of hydrogen-bond acceptors (Lipinski definition) is 3. The molecule has 0 saturated carbocycles. The van der Waals surface area contributed by atoms with Gasteiger partial charge < -0.3 is 10.4 Å². The van der Waals surface area contributed by atoms with Crippen LogP contribution in [0.1, 0.15) is 62.9 Å². The molecule has 2 N–H and O–H groups in total. The number of hydrogen-bond donors (Lipinski definition) is 2. The van der Waals surface area contributed by atoms with Crippen molar-refractivity contribution >= 4 is 11.9 Å². The number of aryl methyl sites for hydroxylation is 2. The number of aromatic nitrogens is 2. The molecule has 0 aromatic carbocycles. The van der Waals surface area contributed by atoms with Gasteiger partial charge in [-0.05, 0) is 33.6 Å². The molecule has 0 bridgehead atoms. The molecule has 0 radical (unpaired) electrons. The van der Waals surface area contributed by atoms with E-state index in [0.29, 0.717) is 12.8 Å². The Morgan fingerprint density at radius 1 is 1.32 bits per heavy atom. The molecule has 124 valence electrons. The van der Waals surface area contributed by atoms with Crippen LogP contribution in [0, 0.1) is 13.8 Å². The average Bonchev–Trinajstić information content (AvgIpc) is 2.70. The molecule has 0 spiro atoms. The van der Waals surface area contributed by atoms with Gasteiger partial charge in [0, 0.05) is 23.8 Å². The summed E-state index contributed by atoms with van der Waals surface area (Å²) in [6.07, 6.45) is 1.10. The molecular weight excluding hydrogens is 282 g/mol. The number of nitrogens with one attached hydrogen (secondary N) is 1. The Balaban J connectivity index is 3.01. The third-order valence-corrected chi connectivity index (χ3v) is 4.62. The van der Waals surface area contributed by atoms with Crippen molar-refractivity contribution in [3.63, 3.8) is 0 Å². The van der Waals surface area contributed by atoms with E-state index in [1.54, 1.807) is 4.68 Å². The Kier molecular flexibility index (Phi) is 5.74. The first-order chi connectivity index (χ1) is 10.2. The summed E-state index contributed by atoms with van der Waals surface area (Å²) in [7, 11) is 1.85. The number of nitrogens with zero attached hydrogens (tertiary/aromatic N) is 2. The van der Waals surface area contributed by atoms with Gasteiger partial charge in [-0.2, -0.15) is 5.10 Å². The molecule has 1 amide bonds. The zero-order valence-corrected chi connectivity index (χ0v) is 14.4. The molecule has 1 aromatic rings. The number of aliphatic carboxylic acids is 1. The number of carbonyl (C=O) groups is 2. The number of carbonyl (C=O) groups excluding carboxylic acids is 1. The summed E-state index contributed by atoms with van der Waals surface area (Å²) < 4.78 is 1.76. The number of amides is 1. The Bertz CT molecular complexity index is 559. The van der Waals surface area contributed by atoms with E-state index in [2.05, 4.69) is 10.4 Å². The van der Waals surface area contributed by atoms with Crippen molar-refractivity contribution in [2.24, 2.45) is 7.05 Å². The maximum Gasteiger partial charge on any atom is 0.305 e. The topological polar surface area (TPSA) is 84.2 Å². The van der Waals surface area contributed by atoms with E-state index in [-0.39, 0.29) is 18.2 Å². The lowest BCUT2D eigenvalue weighted by molar-refractivity contribution is -0.139. The van der Waals surface area contributed by atoms with Gasteiger partial charge in [-0.3, -0.25) is 14.3 Å². The first-order valence-electron chi connectivity index (χ1n) is 7.71.